The van der Waals surface area contributed by atoms with Crippen LogP contribution in [0.25, 0.3) is 0 Å². The van der Waals surface area contributed by atoms with E-state index in [2.05, 4.69) is 0 Å². The lowest BCUT2D eigenvalue weighted by atomic mass is 9.96. The van der Waals surface area contributed by atoms with Crippen molar-refractivity contribution in [2.75, 3.05) is 0 Å². The summed E-state index contributed by atoms with van der Waals surface area (Å²) < 4.78 is 26.2. The van der Waals surface area contributed by atoms with Crippen molar-refractivity contribution < 1.29 is 74.4 Å². The fraction of sp³-hybridized carbons (Fsp3) is 0.944. The number of carboxylic acids is 1. The molecule has 15 atom stereocenters. The Morgan fingerprint density at radius 3 is 1.76 bits per heavy atom. The zero-order chi connectivity index (χ0) is 24.8. The van der Waals surface area contributed by atoms with Crippen LogP contribution in [-0.4, -0.2) is 144 Å². The van der Waals surface area contributed by atoms with Gasteiger partial charge in [-0.3, -0.25) is 0 Å². The summed E-state index contributed by atoms with van der Waals surface area (Å²) in [7, 11) is 0. The molecule has 0 radical (unpaired) electrons. The summed E-state index contributed by atoms with van der Waals surface area (Å²) >= 11 is 0. The van der Waals surface area contributed by atoms with Gasteiger partial charge in [-0.2, -0.15) is 0 Å². The molecule has 0 bridgehead atoms. The number of carboxylic acid groups (broad SMARTS) is 1. The summed E-state index contributed by atoms with van der Waals surface area (Å²) in [6.07, 6.45) is -24.8. The molecule has 192 valence electrons. The predicted octanol–water partition coefficient (Wildman–Crippen LogP) is -5.43. The Morgan fingerprint density at radius 1 is 0.606 bits per heavy atom. The van der Waals surface area contributed by atoms with E-state index in [1.54, 1.807) is 0 Å². The van der Waals surface area contributed by atoms with Crippen molar-refractivity contribution in [1.82, 2.24) is 0 Å². The summed E-state index contributed by atoms with van der Waals surface area (Å²) in [6, 6.07) is 0. The molecule has 15 heteroatoms. The number of aliphatic hydroxyl groups excluding tert-OH is 8. The highest BCUT2D eigenvalue weighted by Gasteiger charge is 2.53. The quantitative estimate of drug-likeness (QED) is 0.176. The fourth-order valence-corrected chi connectivity index (χ4v) is 3.91. The van der Waals surface area contributed by atoms with Crippen LogP contribution in [0.5, 0.6) is 0 Å². The van der Waals surface area contributed by atoms with Crippen LogP contribution < -0.4 is 0 Å². The van der Waals surface area contributed by atoms with E-state index in [9.17, 15) is 45.6 Å². The van der Waals surface area contributed by atoms with Crippen molar-refractivity contribution in [3.63, 3.8) is 0 Å². The molecule has 3 aliphatic rings. The maximum atomic E-state index is 11.3. The highest BCUT2D eigenvalue weighted by atomic mass is 16.7. The normalized spacial score (nSPS) is 53.6. The lowest BCUT2D eigenvalue weighted by Crippen LogP contribution is -2.66. The summed E-state index contributed by atoms with van der Waals surface area (Å²) in [5.41, 5.74) is 0. The molecule has 3 aliphatic heterocycles. The van der Waals surface area contributed by atoms with Crippen molar-refractivity contribution in [2.45, 2.75) is 106 Å². The van der Waals surface area contributed by atoms with Gasteiger partial charge < -0.3 is 69.6 Å². The molecule has 3 saturated heterocycles. The van der Waals surface area contributed by atoms with Gasteiger partial charge in [-0.1, -0.05) is 0 Å². The number of ether oxygens (including phenoxy) is 5. The molecule has 9 N–H and O–H groups in total. The molecular weight excluding hydrogens is 456 g/mol. The van der Waals surface area contributed by atoms with Gasteiger partial charge in [0, 0.05) is 0 Å². The van der Waals surface area contributed by atoms with Crippen LogP contribution in [0.4, 0.5) is 0 Å². The second-order valence-electron chi connectivity index (χ2n) is 8.34. The summed E-state index contributed by atoms with van der Waals surface area (Å²) in [5.74, 6) is -1.65. The van der Waals surface area contributed by atoms with Crippen molar-refractivity contribution in [3.8, 4) is 0 Å². The molecule has 3 rings (SSSR count). The van der Waals surface area contributed by atoms with Gasteiger partial charge in [0.25, 0.3) is 0 Å². The van der Waals surface area contributed by atoms with E-state index in [0.29, 0.717) is 0 Å². The third-order valence-electron chi connectivity index (χ3n) is 5.98. The molecule has 0 aliphatic carbocycles. The van der Waals surface area contributed by atoms with Crippen molar-refractivity contribution in [1.29, 1.82) is 0 Å². The first-order valence-corrected chi connectivity index (χ1v) is 10.3. The Bertz CT molecular complexity index is 679. The second kappa shape index (κ2) is 10.3. The first-order valence-electron chi connectivity index (χ1n) is 10.3. The molecule has 0 aromatic rings. The van der Waals surface area contributed by atoms with Crippen molar-refractivity contribution in [3.05, 3.63) is 0 Å². The van der Waals surface area contributed by atoms with Crippen LogP contribution in [0.1, 0.15) is 13.8 Å². The third-order valence-corrected chi connectivity index (χ3v) is 5.98. The summed E-state index contributed by atoms with van der Waals surface area (Å²) in [6.45, 7) is 2.77. The molecule has 0 saturated carbocycles. The lowest BCUT2D eigenvalue weighted by Gasteiger charge is -2.47. The molecule has 0 amide bonds. The van der Waals surface area contributed by atoms with Crippen molar-refractivity contribution in [2.24, 2.45) is 0 Å². The van der Waals surface area contributed by atoms with Gasteiger partial charge in [-0.05, 0) is 13.8 Å². The molecule has 0 spiro atoms. The van der Waals surface area contributed by atoms with E-state index < -0.39 is 98.1 Å². The number of hydrogen-bond acceptors (Lipinski definition) is 14. The standard InChI is InChI=1S/C18H30O15/c1-3-5(19)8(22)14(16(28)29-3)33-18-11(25)12(6(20)4(2)30-18)31-17-10(24)7(21)9(23)13(32-17)15(26)27/h3-14,16-25,28H,1-2H3,(H,26,27)/t3-,4-,5-,6-,7-,8+,9-,10+,11+,12+,13-,14+,16+,17-,18-/m0/s1. The fourth-order valence-electron chi connectivity index (χ4n) is 3.91. The first-order chi connectivity index (χ1) is 15.3. The molecule has 0 aromatic carbocycles. The highest BCUT2D eigenvalue weighted by molar-refractivity contribution is 5.73. The average Bonchev–Trinajstić information content (AvgIpc) is 2.75. The Morgan fingerprint density at radius 2 is 1.15 bits per heavy atom. The van der Waals surface area contributed by atoms with Crippen LogP contribution in [0, 0.1) is 0 Å². The minimum absolute atomic E-state index is 0.919. The molecular formula is C18H30O15. The number of hydrogen-bond donors (Lipinski definition) is 9. The molecule has 33 heavy (non-hydrogen) atoms. The van der Waals surface area contributed by atoms with E-state index in [0.717, 1.165) is 0 Å². The maximum absolute atomic E-state index is 11.3. The van der Waals surface area contributed by atoms with Crippen LogP contribution in [0.3, 0.4) is 0 Å². The zero-order valence-electron chi connectivity index (χ0n) is 17.6. The summed E-state index contributed by atoms with van der Waals surface area (Å²) in [4.78, 5) is 11.3. The highest BCUT2D eigenvalue weighted by Crippen LogP contribution is 2.32. The predicted molar refractivity (Wildman–Crippen MR) is 99.0 cm³/mol. The van der Waals surface area contributed by atoms with Crippen LogP contribution in [-0.2, 0) is 28.5 Å². The van der Waals surface area contributed by atoms with Gasteiger partial charge in [-0.15, -0.1) is 0 Å². The van der Waals surface area contributed by atoms with Gasteiger partial charge in [0.2, 0.25) is 0 Å². The third kappa shape index (κ3) is 5.15. The Kier molecular flexibility index (Phi) is 8.28. The second-order valence-corrected chi connectivity index (χ2v) is 8.34. The molecule has 3 fully saturated rings. The maximum Gasteiger partial charge on any atom is 0.335 e. The number of carbonyl (C=O) groups is 1. The van der Waals surface area contributed by atoms with E-state index in [1.807, 2.05) is 0 Å². The van der Waals surface area contributed by atoms with Gasteiger partial charge in [-0.25, -0.2) is 4.79 Å². The van der Waals surface area contributed by atoms with Crippen LogP contribution >= 0.6 is 0 Å². The van der Waals surface area contributed by atoms with Gasteiger partial charge in [0.1, 0.15) is 54.9 Å². The summed E-state index contributed by atoms with van der Waals surface area (Å²) in [5, 5.41) is 90.3. The van der Waals surface area contributed by atoms with Crippen LogP contribution in [0.15, 0.2) is 0 Å². The number of aliphatic carboxylic acids is 1. The monoisotopic (exact) mass is 486 g/mol. The minimum Gasteiger partial charge on any atom is -0.479 e. The Hall–Kier alpha value is -1.05. The largest absolute Gasteiger partial charge is 0.479 e. The average molecular weight is 486 g/mol. The zero-order valence-corrected chi connectivity index (χ0v) is 17.6. The SMILES string of the molecule is C[C@@H]1O[C@@H](O)[C@H](O[C@@H]2O[C@@H](C)[C@H](O)[C@@H](O[C@H]3O[C@H](C(=O)O)[C@@H](O)[C@H](O)[C@H]3O)[C@H]2O)[C@H](O)[C@H]1O. The Labute approximate surface area is 187 Å². The van der Waals surface area contributed by atoms with E-state index >= 15 is 0 Å². The van der Waals surface area contributed by atoms with Gasteiger partial charge >= 0.3 is 5.97 Å². The Balaban J connectivity index is 1.75. The van der Waals surface area contributed by atoms with E-state index in [-0.39, 0.29) is 0 Å². The number of aliphatic hydroxyl groups is 8. The van der Waals surface area contributed by atoms with Crippen molar-refractivity contribution >= 4 is 5.97 Å². The number of rotatable bonds is 5. The molecule has 0 unspecified atom stereocenters. The minimum atomic E-state index is -1.98. The first kappa shape index (κ1) is 26.6. The van der Waals surface area contributed by atoms with Gasteiger partial charge in [0.05, 0.1) is 12.2 Å². The topological polar surface area (TPSA) is 245 Å². The molecule has 3 heterocycles. The van der Waals surface area contributed by atoms with E-state index in [1.165, 1.54) is 13.8 Å². The smallest absolute Gasteiger partial charge is 0.335 e. The lowest BCUT2D eigenvalue weighted by molar-refractivity contribution is -0.377. The molecule has 15 nitrogen and oxygen atoms in total. The molecule has 0 aromatic heterocycles. The van der Waals surface area contributed by atoms with Crippen LogP contribution in [0.2, 0.25) is 0 Å². The van der Waals surface area contributed by atoms with E-state index in [4.69, 9.17) is 28.8 Å². The van der Waals surface area contributed by atoms with Gasteiger partial charge in [0.15, 0.2) is 25.0 Å².